The fraction of sp³-hybridized carbons (Fsp3) is 0.444. The normalized spacial score (nSPS) is 20.2. The number of rotatable bonds is 10. The number of halogens is 1. The molecule has 11 nitrogen and oxygen atoms in total. The smallest absolute Gasteiger partial charge is 0.335 e. The molecule has 13 heteroatoms. The molecular formula is C36H46FN3O8S. The summed E-state index contributed by atoms with van der Waals surface area (Å²) in [6.45, 7) is 7.16. The van der Waals surface area contributed by atoms with E-state index >= 15 is 0 Å². The second-order valence-corrected chi connectivity index (χ2v) is 14.5. The second-order valence-electron chi connectivity index (χ2n) is 12.8. The highest BCUT2D eigenvalue weighted by Crippen LogP contribution is 2.29. The van der Waals surface area contributed by atoms with Crippen LogP contribution in [0.25, 0.3) is 0 Å². The summed E-state index contributed by atoms with van der Waals surface area (Å²) in [4.78, 5) is 29.1. The van der Waals surface area contributed by atoms with Crippen LogP contribution in [0.15, 0.2) is 71.6 Å². The Labute approximate surface area is 287 Å². The Kier molecular flexibility index (Phi) is 13.2. The predicted octanol–water partition coefficient (Wildman–Crippen LogP) is 5.25. The van der Waals surface area contributed by atoms with Crippen molar-refractivity contribution in [3.63, 3.8) is 0 Å². The van der Waals surface area contributed by atoms with Crippen LogP contribution in [0.3, 0.4) is 0 Å². The van der Waals surface area contributed by atoms with E-state index in [2.05, 4.69) is 9.62 Å². The molecule has 0 saturated heterocycles. The number of carbonyl (C=O) groups excluding carboxylic acids is 1. The van der Waals surface area contributed by atoms with Gasteiger partial charge in [-0.05, 0) is 100 Å². The molecule has 1 heterocycles. The summed E-state index contributed by atoms with van der Waals surface area (Å²) >= 11 is 0. The summed E-state index contributed by atoms with van der Waals surface area (Å²) in [7, 11) is -2.14. The summed E-state index contributed by atoms with van der Waals surface area (Å²) in [6, 6.07) is 15.1. The molecule has 0 bridgehead atoms. The number of sulfonamides is 1. The number of hydrogen-bond donors (Lipinski definition) is 3. The number of carboxylic acids is 1. The maximum absolute atomic E-state index is 14.4. The van der Waals surface area contributed by atoms with Crippen LogP contribution in [-0.2, 0) is 21.3 Å². The Balaban J connectivity index is 1.62. The predicted molar refractivity (Wildman–Crippen MR) is 184 cm³/mol. The Morgan fingerprint density at radius 3 is 2.43 bits per heavy atom. The standard InChI is InChI=1S/C36H46FN3O8S/c1-24-20-40(25(2)23-41)35(42)32-19-30(38-49(45,46)31-15-12-29(37)13-16-31)14-17-33(32)48-26(3)7-5-6-18-47-34(24)22-39(4)21-27-8-10-28(11-9-27)36(43)44/h8-17,19,24-26,34,38,41H,5-7,18,20-23H2,1-4H3,(H,43,44)/t24-,25-,26-,34+/m1/s1. The molecule has 1 amide bonds. The zero-order valence-corrected chi connectivity index (χ0v) is 29.2. The average Bonchev–Trinajstić information content (AvgIpc) is 3.06. The fourth-order valence-corrected chi connectivity index (χ4v) is 6.76. The van der Waals surface area contributed by atoms with E-state index < -0.39 is 33.8 Å². The van der Waals surface area contributed by atoms with Crippen LogP contribution in [0.2, 0.25) is 0 Å². The lowest BCUT2D eigenvalue weighted by molar-refractivity contribution is -0.0177. The van der Waals surface area contributed by atoms with Crippen molar-refractivity contribution in [3.8, 4) is 5.75 Å². The lowest BCUT2D eigenvalue weighted by atomic mass is 10.0. The third kappa shape index (κ3) is 10.5. The molecule has 3 aromatic rings. The number of anilines is 1. The zero-order chi connectivity index (χ0) is 35.7. The molecule has 0 aliphatic carbocycles. The molecule has 3 N–H and O–H groups in total. The number of carbonyl (C=O) groups is 2. The maximum atomic E-state index is 14.4. The first kappa shape index (κ1) is 37.8. The van der Waals surface area contributed by atoms with E-state index in [1.54, 1.807) is 42.2 Å². The van der Waals surface area contributed by atoms with Gasteiger partial charge in [-0.2, -0.15) is 0 Å². The van der Waals surface area contributed by atoms with E-state index in [1.807, 2.05) is 20.9 Å². The van der Waals surface area contributed by atoms with Crippen LogP contribution >= 0.6 is 0 Å². The number of ether oxygens (including phenoxy) is 2. The lowest BCUT2D eigenvalue weighted by Crippen LogP contribution is -2.47. The monoisotopic (exact) mass is 699 g/mol. The Morgan fingerprint density at radius 2 is 1.78 bits per heavy atom. The van der Waals surface area contributed by atoms with Gasteiger partial charge in [0, 0.05) is 37.8 Å². The van der Waals surface area contributed by atoms with Gasteiger partial charge in [0.25, 0.3) is 15.9 Å². The number of nitrogens with one attached hydrogen (secondary N) is 1. The van der Waals surface area contributed by atoms with Gasteiger partial charge in [-0.1, -0.05) is 19.1 Å². The van der Waals surface area contributed by atoms with Gasteiger partial charge >= 0.3 is 5.97 Å². The molecular weight excluding hydrogens is 653 g/mol. The minimum Gasteiger partial charge on any atom is -0.490 e. The second kappa shape index (κ2) is 17.1. The summed E-state index contributed by atoms with van der Waals surface area (Å²) in [5.41, 5.74) is 1.42. The highest BCUT2D eigenvalue weighted by atomic mass is 32.2. The first-order valence-corrected chi connectivity index (χ1v) is 17.9. The van der Waals surface area contributed by atoms with Gasteiger partial charge in [-0.3, -0.25) is 14.4 Å². The van der Waals surface area contributed by atoms with E-state index in [0.29, 0.717) is 31.9 Å². The minimum absolute atomic E-state index is 0.123. The SMILES string of the molecule is C[C@@H]1CCCCO[C@@H](CN(C)Cc2ccc(C(=O)O)cc2)[C@H](C)CN([C@H](C)CO)C(=O)c2cc(NS(=O)(=O)c3ccc(F)cc3)ccc2O1. The maximum Gasteiger partial charge on any atom is 0.335 e. The quantitative estimate of drug-likeness (QED) is 0.258. The summed E-state index contributed by atoms with van der Waals surface area (Å²) in [5, 5.41) is 19.4. The fourth-order valence-electron chi connectivity index (χ4n) is 5.71. The number of aromatic carboxylic acids is 1. The molecule has 4 rings (SSSR count). The molecule has 49 heavy (non-hydrogen) atoms. The van der Waals surface area contributed by atoms with Crippen molar-refractivity contribution < 1.29 is 42.1 Å². The minimum atomic E-state index is -4.09. The number of nitrogens with zero attached hydrogens (tertiary/aromatic N) is 2. The Morgan fingerprint density at radius 1 is 1.08 bits per heavy atom. The van der Waals surface area contributed by atoms with Gasteiger partial charge in [0.2, 0.25) is 0 Å². The first-order valence-electron chi connectivity index (χ1n) is 16.4. The van der Waals surface area contributed by atoms with Gasteiger partial charge in [0.1, 0.15) is 11.6 Å². The van der Waals surface area contributed by atoms with Crippen LogP contribution in [0, 0.1) is 11.7 Å². The molecule has 3 aromatic carbocycles. The molecule has 0 fully saturated rings. The molecule has 1 aliphatic heterocycles. The van der Waals surface area contributed by atoms with Crippen molar-refractivity contribution in [1.29, 1.82) is 0 Å². The van der Waals surface area contributed by atoms with Gasteiger partial charge in [0.05, 0.1) is 40.9 Å². The van der Waals surface area contributed by atoms with Crippen LogP contribution in [0.5, 0.6) is 5.75 Å². The molecule has 0 aromatic heterocycles. The summed E-state index contributed by atoms with van der Waals surface area (Å²) < 4.78 is 54.8. The van der Waals surface area contributed by atoms with E-state index in [-0.39, 0.29) is 53.0 Å². The number of hydrogen-bond acceptors (Lipinski definition) is 8. The van der Waals surface area contributed by atoms with Crippen molar-refractivity contribution in [1.82, 2.24) is 9.80 Å². The van der Waals surface area contributed by atoms with Crippen LogP contribution in [0.4, 0.5) is 10.1 Å². The van der Waals surface area contributed by atoms with Gasteiger partial charge in [-0.25, -0.2) is 17.6 Å². The molecule has 1 aliphatic rings. The van der Waals surface area contributed by atoms with Gasteiger partial charge in [-0.15, -0.1) is 0 Å². The number of benzene rings is 3. The third-order valence-electron chi connectivity index (χ3n) is 8.57. The summed E-state index contributed by atoms with van der Waals surface area (Å²) in [5.74, 6) is -1.88. The number of amides is 1. The van der Waals surface area contributed by atoms with Crippen LogP contribution in [0.1, 0.15) is 66.3 Å². The van der Waals surface area contributed by atoms with Crippen molar-refractivity contribution in [2.45, 2.75) is 69.7 Å². The number of likely N-dealkylation sites (N-methyl/N-ethyl adjacent to an activating group) is 1. The third-order valence-corrected chi connectivity index (χ3v) is 9.97. The summed E-state index contributed by atoms with van der Waals surface area (Å²) in [6.07, 6.45) is 1.77. The van der Waals surface area contributed by atoms with Crippen molar-refractivity contribution in [2.24, 2.45) is 5.92 Å². The Bertz CT molecular complexity index is 1670. The zero-order valence-electron chi connectivity index (χ0n) is 28.3. The van der Waals surface area contributed by atoms with E-state index in [4.69, 9.17) is 9.47 Å². The van der Waals surface area contributed by atoms with E-state index in [1.165, 1.54) is 12.1 Å². The number of fused-ring (bicyclic) bond motifs is 1. The van der Waals surface area contributed by atoms with Crippen LogP contribution in [-0.4, -0.2) is 91.9 Å². The number of carboxylic acid groups (broad SMARTS) is 1. The molecule has 266 valence electrons. The topological polar surface area (TPSA) is 146 Å². The van der Waals surface area contributed by atoms with E-state index in [0.717, 1.165) is 42.7 Å². The molecule has 0 radical (unpaired) electrons. The Hall–Kier alpha value is -4.04. The van der Waals surface area contributed by atoms with Crippen molar-refractivity contribution >= 4 is 27.6 Å². The highest BCUT2D eigenvalue weighted by molar-refractivity contribution is 7.92. The van der Waals surface area contributed by atoms with E-state index in [9.17, 15) is 32.6 Å². The lowest BCUT2D eigenvalue weighted by Gasteiger charge is -2.36. The van der Waals surface area contributed by atoms with Gasteiger partial charge < -0.3 is 24.6 Å². The molecule has 0 unspecified atom stereocenters. The highest BCUT2D eigenvalue weighted by Gasteiger charge is 2.31. The number of aliphatic hydroxyl groups is 1. The van der Waals surface area contributed by atoms with Gasteiger partial charge in [0.15, 0.2) is 0 Å². The van der Waals surface area contributed by atoms with Crippen molar-refractivity contribution in [3.05, 3.63) is 89.2 Å². The largest absolute Gasteiger partial charge is 0.490 e. The van der Waals surface area contributed by atoms with Crippen LogP contribution < -0.4 is 9.46 Å². The molecule has 0 saturated carbocycles. The molecule has 4 atom stereocenters. The first-order chi connectivity index (χ1) is 23.3. The van der Waals surface area contributed by atoms with Crippen molar-refractivity contribution in [2.75, 3.05) is 38.1 Å². The molecule has 0 spiro atoms. The average molecular weight is 700 g/mol. The number of aliphatic hydroxyl groups excluding tert-OH is 1.